The number of carboxylic acids is 1. The summed E-state index contributed by atoms with van der Waals surface area (Å²) in [5.41, 5.74) is 2.47. The van der Waals surface area contributed by atoms with Gasteiger partial charge < -0.3 is 9.67 Å². The second-order valence-corrected chi connectivity index (χ2v) is 6.90. The fraction of sp³-hybridized carbons (Fsp3) is 0.364. The molecular weight excluding hydrogens is 370 g/mol. The molecule has 0 radical (unpaired) electrons. The van der Waals surface area contributed by atoms with Gasteiger partial charge in [0.15, 0.2) is 0 Å². The van der Waals surface area contributed by atoms with Crippen molar-refractivity contribution in [2.75, 3.05) is 0 Å². The van der Waals surface area contributed by atoms with Crippen LogP contribution in [-0.2, 0) is 0 Å². The van der Waals surface area contributed by atoms with E-state index in [1.54, 1.807) is 30.4 Å². The Balaban J connectivity index is 0.00000117. The van der Waals surface area contributed by atoms with Crippen LogP contribution in [-0.4, -0.2) is 25.6 Å². The van der Waals surface area contributed by atoms with Gasteiger partial charge in [-0.2, -0.15) is 0 Å². The molecule has 2 aliphatic carbocycles. The Morgan fingerprint density at radius 2 is 2.00 bits per heavy atom. The van der Waals surface area contributed by atoms with Gasteiger partial charge in [0.25, 0.3) is 5.70 Å². The normalized spacial score (nSPS) is 16.6. The Kier molecular flexibility index (Phi) is 6.26. The van der Waals surface area contributed by atoms with Gasteiger partial charge >= 0.3 is 5.97 Å². The number of carboxylic acid groups (broad SMARTS) is 1. The molecule has 1 fully saturated rings. The Hall–Kier alpha value is -3.22. The highest BCUT2D eigenvalue weighted by Gasteiger charge is 2.25. The smallest absolute Gasteiger partial charge is 0.335 e. The summed E-state index contributed by atoms with van der Waals surface area (Å²) in [6, 6.07) is 5.23. The van der Waals surface area contributed by atoms with Gasteiger partial charge in [0, 0.05) is 23.8 Å². The molecule has 152 valence electrons. The highest BCUT2D eigenvalue weighted by molar-refractivity contribution is 5.93. The molecule has 7 nitrogen and oxygen atoms in total. The number of carbonyl (C=O) groups is 1. The van der Waals surface area contributed by atoms with Crippen LogP contribution in [0.3, 0.4) is 0 Å². The van der Waals surface area contributed by atoms with Crippen molar-refractivity contribution in [3.63, 3.8) is 0 Å². The van der Waals surface area contributed by atoms with E-state index in [1.807, 2.05) is 19.9 Å². The number of allylic oxidation sites excluding steroid dienone is 5. The van der Waals surface area contributed by atoms with E-state index in [0.717, 1.165) is 36.8 Å². The van der Waals surface area contributed by atoms with E-state index in [2.05, 4.69) is 4.57 Å². The van der Waals surface area contributed by atoms with E-state index >= 15 is 0 Å². The van der Waals surface area contributed by atoms with Crippen LogP contribution < -0.4 is 0 Å². The largest absolute Gasteiger partial charge is 0.478 e. The van der Waals surface area contributed by atoms with E-state index in [-0.39, 0.29) is 17.3 Å². The summed E-state index contributed by atoms with van der Waals surface area (Å²) in [6.07, 6.45) is 11.5. The van der Waals surface area contributed by atoms with Crippen molar-refractivity contribution < 1.29 is 14.8 Å². The van der Waals surface area contributed by atoms with E-state index in [9.17, 15) is 20.0 Å². The van der Waals surface area contributed by atoms with Crippen LogP contribution in [0.15, 0.2) is 48.2 Å². The number of benzene rings is 1. The van der Waals surface area contributed by atoms with Gasteiger partial charge in [0.2, 0.25) is 0 Å². The van der Waals surface area contributed by atoms with Crippen LogP contribution in [0.5, 0.6) is 0 Å². The average molecular weight is 395 g/mol. The van der Waals surface area contributed by atoms with Crippen LogP contribution >= 0.6 is 0 Å². The van der Waals surface area contributed by atoms with Crippen molar-refractivity contribution in [3.05, 3.63) is 69.7 Å². The first-order valence-electron chi connectivity index (χ1n) is 10.0. The Morgan fingerprint density at radius 1 is 1.28 bits per heavy atom. The van der Waals surface area contributed by atoms with Gasteiger partial charge in [0.1, 0.15) is 5.82 Å². The van der Waals surface area contributed by atoms with Crippen molar-refractivity contribution in [1.82, 2.24) is 9.55 Å². The number of hydrogen-bond donors (Lipinski definition) is 1. The van der Waals surface area contributed by atoms with Gasteiger partial charge in [-0.25, -0.2) is 9.78 Å². The number of imidazole rings is 1. The van der Waals surface area contributed by atoms with Crippen molar-refractivity contribution in [2.45, 2.75) is 52.0 Å². The Bertz CT molecular complexity index is 1020. The zero-order valence-electron chi connectivity index (χ0n) is 16.7. The lowest BCUT2D eigenvalue weighted by Gasteiger charge is -2.17. The molecule has 2 aliphatic rings. The number of fused-ring (bicyclic) bond motifs is 1. The molecule has 1 heterocycles. The first-order chi connectivity index (χ1) is 14.0. The number of aromatic nitrogens is 2. The molecular formula is C22H25N3O4. The summed E-state index contributed by atoms with van der Waals surface area (Å²) in [5, 5.41) is 20.6. The fourth-order valence-corrected chi connectivity index (χ4v) is 3.91. The van der Waals surface area contributed by atoms with E-state index in [0.29, 0.717) is 17.8 Å². The third-order valence-electron chi connectivity index (χ3n) is 5.19. The molecule has 7 heteroatoms. The van der Waals surface area contributed by atoms with E-state index in [1.165, 1.54) is 6.08 Å². The molecule has 0 aliphatic heterocycles. The lowest BCUT2D eigenvalue weighted by atomic mass is 10.1. The van der Waals surface area contributed by atoms with Crippen LogP contribution in [0.25, 0.3) is 16.6 Å². The lowest BCUT2D eigenvalue weighted by molar-refractivity contribution is -0.418. The van der Waals surface area contributed by atoms with Crippen molar-refractivity contribution in [1.29, 1.82) is 0 Å². The van der Waals surface area contributed by atoms with Crippen molar-refractivity contribution in [3.8, 4) is 0 Å². The van der Waals surface area contributed by atoms with Gasteiger partial charge in [0.05, 0.1) is 21.5 Å². The molecule has 0 amide bonds. The van der Waals surface area contributed by atoms with E-state index < -0.39 is 10.9 Å². The van der Waals surface area contributed by atoms with Crippen LogP contribution in [0.4, 0.5) is 0 Å². The summed E-state index contributed by atoms with van der Waals surface area (Å²) < 4.78 is 2.15. The Labute approximate surface area is 169 Å². The maximum Gasteiger partial charge on any atom is 0.335 e. The van der Waals surface area contributed by atoms with Crippen molar-refractivity contribution >= 4 is 22.6 Å². The fourth-order valence-electron chi connectivity index (χ4n) is 3.91. The summed E-state index contributed by atoms with van der Waals surface area (Å²) in [6.45, 7) is 4.00. The Morgan fingerprint density at radius 3 is 2.66 bits per heavy atom. The van der Waals surface area contributed by atoms with E-state index in [4.69, 9.17) is 4.98 Å². The molecule has 1 saturated carbocycles. The minimum atomic E-state index is -0.996. The molecule has 0 atom stereocenters. The number of hydrogen-bond acceptors (Lipinski definition) is 4. The molecule has 1 aromatic carbocycles. The molecule has 4 rings (SSSR count). The van der Waals surface area contributed by atoms with Gasteiger partial charge in [-0.3, -0.25) is 10.1 Å². The molecule has 0 unspecified atom stereocenters. The standard InChI is InChI=1S/C20H19N3O4.C2H6/c24-20(25)14-9-10-18-17(12-14)21-19(22(18)15-6-3-4-7-15)13-5-1-2-8-16(11-13)23(26)27;1-2/h1-2,8-12,15H,3-7H2,(H,24,25);1-2H3. The molecule has 1 N–H and O–H groups in total. The predicted molar refractivity (Wildman–Crippen MR) is 112 cm³/mol. The number of rotatable bonds is 4. The first kappa shape index (κ1) is 20.5. The molecule has 1 aromatic heterocycles. The quantitative estimate of drug-likeness (QED) is 0.553. The summed E-state index contributed by atoms with van der Waals surface area (Å²) >= 11 is 0. The second-order valence-electron chi connectivity index (χ2n) is 6.90. The highest BCUT2D eigenvalue weighted by atomic mass is 16.6. The van der Waals surface area contributed by atoms with Crippen LogP contribution in [0.2, 0.25) is 0 Å². The molecule has 2 aromatic rings. The van der Waals surface area contributed by atoms with Crippen LogP contribution in [0, 0.1) is 10.1 Å². The minimum Gasteiger partial charge on any atom is -0.478 e. The van der Waals surface area contributed by atoms with Crippen molar-refractivity contribution in [2.24, 2.45) is 0 Å². The third-order valence-corrected chi connectivity index (χ3v) is 5.19. The maximum atomic E-state index is 11.3. The molecule has 0 saturated heterocycles. The third kappa shape index (κ3) is 4.13. The zero-order chi connectivity index (χ0) is 21.0. The van der Waals surface area contributed by atoms with Crippen LogP contribution in [0.1, 0.15) is 68.2 Å². The summed E-state index contributed by atoms with van der Waals surface area (Å²) in [7, 11) is 0. The minimum absolute atomic E-state index is 0.0232. The average Bonchev–Trinajstić information content (AvgIpc) is 3.29. The molecule has 0 spiro atoms. The second kappa shape index (κ2) is 8.86. The molecule has 29 heavy (non-hydrogen) atoms. The predicted octanol–water partition coefficient (Wildman–Crippen LogP) is 5.38. The molecule has 0 bridgehead atoms. The van der Waals surface area contributed by atoms with Gasteiger partial charge in [-0.1, -0.05) is 38.8 Å². The van der Waals surface area contributed by atoms with Gasteiger partial charge in [-0.05, 0) is 37.5 Å². The first-order valence-corrected chi connectivity index (χ1v) is 10.0. The number of nitrogens with zero attached hydrogens (tertiary/aromatic N) is 3. The highest BCUT2D eigenvalue weighted by Crippen LogP contribution is 2.37. The monoisotopic (exact) mass is 395 g/mol. The topological polar surface area (TPSA) is 98.3 Å². The lowest BCUT2D eigenvalue weighted by Crippen LogP contribution is -2.09. The van der Waals surface area contributed by atoms with Gasteiger partial charge in [-0.15, -0.1) is 0 Å². The zero-order valence-corrected chi connectivity index (χ0v) is 16.7. The SMILES string of the molecule is CC.O=C(O)c1ccc2c(c1)nc(C1=CC([N+](=O)[O-])=CC=CC1)n2C1CCCC1. The maximum absolute atomic E-state index is 11.3. The summed E-state index contributed by atoms with van der Waals surface area (Å²) in [4.78, 5) is 26.9. The summed E-state index contributed by atoms with van der Waals surface area (Å²) in [5.74, 6) is -0.303. The number of nitro groups is 1. The number of aromatic carboxylic acids is 1.